The topological polar surface area (TPSA) is 51.2 Å². The molecule has 3 rings (SSSR count). The summed E-state index contributed by atoms with van der Waals surface area (Å²) < 4.78 is 6.87. The van der Waals surface area contributed by atoms with E-state index in [1.807, 2.05) is 42.5 Å². The first-order valence-electron chi connectivity index (χ1n) is 9.55. The molecule has 0 aliphatic carbocycles. The molecule has 0 fully saturated rings. The van der Waals surface area contributed by atoms with Crippen LogP contribution in [0.1, 0.15) is 38.2 Å². The summed E-state index contributed by atoms with van der Waals surface area (Å²) in [6, 6.07) is 13.5. The molecule has 1 aromatic heterocycles. The van der Waals surface area contributed by atoms with Gasteiger partial charge in [-0.25, -0.2) is 4.98 Å². The molecule has 3 aromatic rings. The minimum Gasteiger partial charge on any atom is -0.494 e. The van der Waals surface area contributed by atoms with E-state index in [0.29, 0.717) is 13.0 Å². The second-order valence-electron chi connectivity index (χ2n) is 6.42. The van der Waals surface area contributed by atoms with Crippen molar-refractivity contribution in [1.82, 2.24) is 4.98 Å². The monoisotopic (exact) mass is 392 g/mol. The molecule has 1 N–H and O–H groups in total. The van der Waals surface area contributed by atoms with E-state index in [4.69, 9.17) is 4.74 Å². The minimum atomic E-state index is -0.0458. The maximum Gasteiger partial charge on any atom is 0.228 e. The summed E-state index contributed by atoms with van der Waals surface area (Å²) in [5, 5.41) is 2.95. The Morgan fingerprint density at radius 1 is 1.18 bits per heavy atom. The van der Waals surface area contributed by atoms with Gasteiger partial charge in [-0.3, -0.25) is 4.79 Å². The van der Waals surface area contributed by atoms with Gasteiger partial charge in [0.2, 0.25) is 5.91 Å². The SMILES string of the molecule is CCC#CCCCCOc1cccc(CC(=O)Nc2ccc3ncsc3c2)c1. The third-order valence-corrected chi connectivity index (χ3v) is 4.94. The van der Waals surface area contributed by atoms with Gasteiger partial charge in [0.1, 0.15) is 5.75 Å². The molecule has 0 unspecified atom stereocenters. The Kier molecular flexibility index (Phi) is 7.45. The zero-order chi connectivity index (χ0) is 19.6. The maximum absolute atomic E-state index is 12.4. The first-order valence-corrected chi connectivity index (χ1v) is 10.4. The van der Waals surface area contributed by atoms with Crippen LogP contribution in [0.25, 0.3) is 10.2 Å². The number of nitrogens with one attached hydrogen (secondary N) is 1. The summed E-state index contributed by atoms with van der Waals surface area (Å²) >= 11 is 1.56. The Morgan fingerprint density at radius 2 is 2.11 bits per heavy atom. The highest BCUT2D eigenvalue weighted by Gasteiger charge is 2.07. The Balaban J connectivity index is 1.47. The van der Waals surface area contributed by atoms with Gasteiger partial charge in [-0.2, -0.15) is 0 Å². The minimum absolute atomic E-state index is 0.0458. The molecule has 0 saturated carbocycles. The Morgan fingerprint density at radius 3 is 3.00 bits per heavy atom. The highest BCUT2D eigenvalue weighted by molar-refractivity contribution is 7.16. The Hall–Kier alpha value is -2.84. The Labute approximate surface area is 170 Å². The van der Waals surface area contributed by atoms with Crippen molar-refractivity contribution >= 4 is 33.1 Å². The highest BCUT2D eigenvalue weighted by Crippen LogP contribution is 2.22. The van der Waals surface area contributed by atoms with Crippen LogP contribution < -0.4 is 10.1 Å². The lowest BCUT2D eigenvalue weighted by Crippen LogP contribution is -2.14. The molecule has 4 nitrogen and oxygen atoms in total. The van der Waals surface area contributed by atoms with Crippen molar-refractivity contribution in [3.05, 3.63) is 53.5 Å². The summed E-state index contributed by atoms with van der Waals surface area (Å²) in [7, 11) is 0. The van der Waals surface area contributed by atoms with E-state index in [9.17, 15) is 4.79 Å². The predicted molar refractivity (Wildman–Crippen MR) is 116 cm³/mol. The first kappa shape index (κ1) is 19.9. The smallest absolute Gasteiger partial charge is 0.228 e. The lowest BCUT2D eigenvalue weighted by Gasteiger charge is -2.08. The molecule has 144 valence electrons. The van der Waals surface area contributed by atoms with Gasteiger partial charge in [-0.1, -0.05) is 19.1 Å². The molecular weight excluding hydrogens is 368 g/mol. The molecule has 1 amide bonds. The molecule has 0 aliphatic rings. The average Bonchev–Trinajstić information content (AvgIpc) is 3.15. The third kappa shape index (κ3) is 6.11. The molecule has 2 aromatic carbocycles. The van der Waals surface area contributed by atoms with Crippen LogP contribution in [0.2, 0.25) is 0 Å². The number of anilines is 1. The fourth-order valence-corrected chi connectivity index (χ4v) is 3.50. The van der Waals surface area contributed by atoms with E-state index in [1.165, 1.54) is 0 Å². The molecule has 0 radical (unpaired) electrons. The van der Waals surface area contributed by atoms with Gasteiger partial charge in [0, 0.05) is 18.5 Å². The molecule has 0 saturated heterocycles. The molecule has 5 heteroatoms. The Bertz CT molecular complexity index is 985. The number of rotatable bonds is 8. The number of ether oxygens (including phenoxy) is 1. The van der Waals surface area contributed by atoms with Crippen LogP contribution in [0, 0.1) is 11.8 Å². The van der Waals surface area contributed by atoms with E-state index >= 15 is 0 Å². The van der Waals surface area contributed by atoms with Crippen LogP contribution in [0.4, 0.5) is 5.69 Å². The number of benzene rings is 2. The van der Waals surface area contributed by atoms with Crippen LogP contribution >= 0.6 is 11.3 Å². The van der Waals surface area contributed by atoms with Gasteiger partial charge in [-0.05, 0) is 48.7 Å². The fraction of sp³-hybridized carbons (Fsp3) is 0.304. The predicted octanol–water partition coefficient (Wildman–Crippen LogP) is 5.44. The average molecular weight is 393 g/mol. The first-order chi connectivity index (χ1) is 13.7. The van der Waals surface area contributed by atoms with Crippen LogP contribution in [0.15, 0.2) is 48.0 Å². The maximum atomic E-state index is 12.4. The van der Waals surface area contributed by atoms with E-state index in [-0.39, 0.29) is 5.91 Å². The zero-order valence-electron chi connectivity index (χ0n) is 16.0. The van der Waals surface area contributed by atoms with Crippen molar-refractivity contribution in [2.24, 2.45) is 0 Å². The molecule has 0 bridgehead atoms. The summed E-state index contributed by atoms with van der Waals surface area (Å²) in [5.41, 5.74) is 4.48. The van der Waals surface area contributed by atoms with Crippen LogP contribution in [0.5, 0.6) is 5.75 Å². The second kappa shape index (κ2) is 10.5. The normalized spacial score (nSPS) is 10.3. The van der Waals surface area contributed by atoms with E-state index < -0.39 is 0 Å². The second-order valence-corrected chi connectivity index (χ2v) is 7.31. The number of amides is 1. The number of hydrogen-bond donors (Lipinski definition) is 1. The number of aromatic nitrogens is 1. The summed E-state index contributed by atoms with van der Waals surface area (Å²) in [6.45, 7) is 2.72. The quantitative estimate of drug-likeness (QED) is 0.410. The van der Waals surface area contributed by atoms with Crippen molar-refractivity contribution < 1.29 is 9.53 Å². The lowest BCUT2D eigenvalue weighted by molar-refractivity contribution is -0.115. The summed E-state index contributed by atoms with van der Waals surface area (Å²) in [6.07, 6.45) is 4.16. The van der Waals surface area contributed by atoms with Crippen LogP contribution in [-0.4, -0.2) is 17.5 Å². The van der Waals surface area contributed by atoms with Crippen LogP contribution in [0.3, 0.4) is 0 Å². The van der Waals surface area contributed by atoms with Crippen molar-refractivity contribution in [2.75, 3.05) is 11.9 Å². The van der Waals surface area contributed by atoms with Crippen molar-refractivity contribution in [2.45, 2.75) is 39.0 Å². The standard InChI is InChI=1S/C23H24N2O2S/c1-2-3-4-5-6-7-13-27-20-10-8-9-18(14-20)15-23(26)25-19-11-12-21-22(16-19)28-17-24-21/h8-12,14,16-17H,2,5-7,13,15H2,1H3,(H,25,26). The highest BCUT2D eigenvalue weighted by atomic mass is 32.1. The van der Waals surface area contributed by atoms with Crippen molar-refractivity contribution in [1.29, 1.82) is 0 Å². The lowest BCUT2D eigenvalue weighted by atomic mass is 10.1. The number of hydrogen-bond acceptors (Lipinski definition) is 4. The van der Waals surface area contributed by atoms with Crippen LogP contribution in [-0.2, 0) is 11.2 Å². The number of unbranched alkanes of at least 4 members (excludes halogenated alkanes) is 2. The van der Waals surface area contributed by atoms with Crippen molar-refractivity contribution in [3.8, 4) is 17.6 Å². The molecule has 0 atom stereocenters. The van der Waals surface area contributed by atoms with Crippen molar-refractivity contribution in [3.63, 3.8) is 0 Å². The third-order valence-electron chi connectivity index (χ3n) is 4.14. The van der Waals surface area contributed by atoms with E-state index in [0.717, 1.165) is 52.9 Å². The van der Waals surface area contributed by atoms with Gasteiger partial charge < -0.3 is 10.1 Å². The number of fused-ring (bicyclic) bond motifs is 1. The van der Waals surface area contributed by atoms with Gasteiger partial charge in [-0.15, -0.1) is 23.2 Å². The molecule has 0 spiro atoms. The van der Waals surface area contributed by atoms with Gasteiger partial charge in [0.05, 0.1) is 28.8 Å². The number of thiazole rings is 1. The summed E-state index contributed by atoms with van der Waals surface area (Å²) in [5.74, 6) is 6.97. The van der Waals surface area contributed by atoms with Gasteiger partial charge in [0.25, 0.3) is 0 Å². The largest absolute Gasteiger partial charge is 0.494 e. The summed E-state index contributed by atoms with van der Waals surface area (Å²) in [4.78, 5) is 16.6. The molecule has 1 heterocycles. The number of nitrogens with zero attached hydrogens (tertiary/aromatic N) is 1. The van der Waals surface area contributed by atoms with Gasteiger partial charge >= 0.3 is 0 Å². The van der Waals surface area contributed by atoms with E-state index in [1.54, 1.807) is 16.8 Å². The molecular formula is C23H24N2O2S. The number of carbonyl (C=O) groups is 1. The molecule has 0 aliphatic heterocycles. The molecule has 28 heavy (non-hydrogen) atoms. The zero-order valence-corrected chi connectivity index (χ0v) is 16.8. The van der Waals surface area contributed by atoms with E-state index in [2.05, 4.69) is 29.1 Å². The number of carbonyl (C=O) groups excluding carboxylic acids is 1. The fourth-order valence-electron chi connectivity index (χ4n) is 2.79. The van der Waals surface area contributed by atoms with Gasteiger partial charge in [0.15, 0.2) is 0 Å².